The molecule has 1 aromatic carbocycles. The Balaban J connectivity index is 1.40. The summed E-state index contributed by atoms with van der Waals surface area (Å²) in [7, 11) is 0. The Bertz CT molecular complexity index is 426. The summed E-state index contributed by atoms with van der Waals surface area (Å²) in [4.78, 5) is 4.89. The standard InChI is InChI=1S/C18H28N2O2/c21-18(16-6-2-1-3-7-16)15-20-11-9-19(10-12-20)14-17-8-4-5-13-22-17/h1-3,6-7,17-18,21H,4-5,8-15H2. The van der Waals surface area contributed by atoms with Crippen molar-refractivity contribution in [3.8, 4) is 0 Å². The fourth-order valence-corrected chi connectivity index (χ4v) is 3.42. The summed E-state index contributed by atoms with van der Waals surface area (Å²) in [6, 6.07) is 9.96. The van der Waals surface area contributed by atoms with Gasteiger partial charge in [-0.1, -0.05) is 30.3 Å². The third kappa shape index (κ3) is 4.53. The molecule has 3 rings (SSSR count). The van der Waals surface area contributed by atoms with E-state index in [4.69, 9.17) is 4.74 Å². The number of aliphatic hydroxyl groups is 1. The summed E-state index contributed by atoms with van der Waals surface area (Å²) in [6.45, 7) is 7.00. The summed E-state index contributed by atoms with van der Waals surface area (Å²) in [5.74, 6) is 0. The highest BCUT2D eigenvalue weighted by molar-refractivity contribution is 5.17. The number of piperazine rings is 1. The molecule has 1 N–H and O–H groups in total. The number of β-amino-alcohol motifs (C(OH)–C–C–N with tert-alkyl or cyclic N) is 1. The Hall–Kier alpha value is -0.940. The number of benzene rings is 1. The van der Waals surface area contributed by atoms with Crippen molar-refractivity contribution >= 4 is 0 Å². The van der Waals surface area contributed by atoms with Crippen LogP contribution >= 0.6 is 0 Å². The van der Waals surface area contributed by atoms with Crippen molar-refractivity contribution in [2.75, 3.05) is 45.9 Å². The number of nitrogens with zero attached hydrogens (tertiary/aromatic N) is 2. The molecule has 0 radical (unpaired) electrons. The summed E-state index contributed by atoms with van der Waals surface area (Å²) >= 11 is 0. The molecule has 0 spiro atoms. The molecule has 1 aromatic rings. The van der Waals surface area contributed by atoms with Crippen molar-refractivity contribution in [2.45, 2.75) is 31.5 Å². The molecule has 2 atom stereocenters. The Labute approximate surface area is 133 Å². The SMILES string of the molecule is OC(CN1CCN(CC2CCCCO2)CC1)c1ccccc1. The first-order valence-electron chi connectivity index (χ1n) is 8.60. The van der Waals surface area contributed by atoms with Gasteiger partial charge in [-0.15, -0.1) is 0 Å². The quantitative estimate of drug-likeness (QED) is 0.901. The van der Waals surface area contributed by atoms with Gasteiger partial charge in [-0.25, -0.2) is 0 Å². The van der Waals surface area contributed by atoms with Crippen molar-refractivity contribution in [3.05, 3.63) is 35.9 Å². The molecule has 2 fully saturated rings. The molecule has 122 valence electrons. The monoisotopic (exact) mass is 304 g/mol. The molecule has 2 saturated heterocycles. The lowest BCUT2D eigenvalue weighted by Crippen LogP contribution is -2.49. The van der Waals surface area contributed by atoms with Gasteiger partial charge in [0, 0.05) is 45.9 Å². The van der Waals surface area contributed by atoms with Gasteiger partial charge in [0.2, 0.25) is 0 Å². The van der Waals surface area contributed by atoms with Crippen molar-refractivity contribution < 1.29 is 9.84 Å². The zero-order chi connectivity index (χ0) is 15.2. The minimum atomic E-state index is -0.380. The fourth-order valence-electron chi connectivity index (χ4n) is 3.42. The first-order valence-corrected chi connectivity index (χ1v) is 8.60. The molecule has 0 aromatic heterocycles. The second-order valence-corrected chi connectivity index (χ2v) is 6.52. The van der Waals surface area contributed by atoms with E-state index in [1.807, 2.05) is 30.3 Å². The average molecular weight is 304 g/mol. The van der Waals surface area contributed by atoms with E-state index in [1.54, 1.807) is 0 Å². The first kappa shape index (κ1) is 15.9. The fraction of sp³-hybridized carbons (Fsp3) is 0.667. The molecule has 0 aliphatic carbocycles. The minimum Gasteiger partial charge on any atom is -0.387 e. The molecule has 2 aliphatic heterocycles. The van der Waals surface area contributed by atoms with Crippen LogP contribution in [0.25, 0.3) is 0 Å². The third-order valence-electron chi connectivity index (χ3n) is 4.82. The topological polar surface area (TPSA) is 35.9 Å². The Morgan fingerprint density at radius 1 is 1.05 bits per heavy atom. The second-order valence-electron chi connectivity index (χ2n) is 6.52. The smallest absolute Gasteiger partial charge is 0.0916 e. The molecule has 0 saturated carbocycles. The van der Waals surface area contributed by atoms with E-state index in [0.29, 0.717) is 6.10 Å². The van der Waals surface area contributed by atoms with E-state index in [9.17, 15) is 5.11 Å². The van der Waals surface area contributed by atoms with E-state index < -0.39 is 0 Å². The highest BCUT2D eigenvalue weighted by Crippen LogP contribution is 2.17. The van der Waals surface area contributed by atoms with Crippen LogP contribution in [-0.4, -0.2) is 66.9 Å². The van der Waals surface area contributed by atoms with Crippen LogP contribution in [0.3, 0.4) is 0 Å². The Kier molecular flexibility index (Phi) is 5.84. The van der Waals surface area contributed by atoms with Gasteiger partial charge < -0.3 is 9.84 Å². The molecule has 4 heteroatoms. The van der Waals surface area contributed by atoms with Crippen LogP contribution in [0.15, 0.2) is 30.3 Å². The van der Waals surface area contributed by atoms with E-state index in [0.717, 1.165) is 51.4 Å². The normalized spacial score (nSPS) is 26.0. The third-order valence-corrected chi connectivity index (χ3v) is 4.82. The van der Waals surface area contributed by atoms with Crippen molar-refractivity contribution in [1.82, 2.24) is 9.80 Å². The highest BCUT2D eigenvalue weighted by atomic mass is 16.5. The molecule has 2 aliphatic rings. The van der Waals surface area contributed by atoms with E-state index in [-0.39, 0.29) is 6.10 Å². The van der Waals surface area contributed by atoms with Crippen molar-refractivity contribution in [2.24, 2.45) is 0 Å². The Morgan fingerprint density at radius 3 is 2.45 bits per heavy atom. The number of aliphatic hydroxyl groups excluding tert-OH is 1. The lowest BCUT2D eigenvalue weighted by Gasteiger charge is -2.37. The molecule has 0 bridgehead atoms. The van der Waals surface area contributed by atoms with E-state index >= 15 is 0 Å². The molecule has 2 unspecified atom stereocenters. The summed E-state index contributed by atoms with van der Waals surface area (Å²) in [5, 5.41) is 10.3. The van der Waals surface area contributed by atoms with Crippen LogP contribution in [0.1, 0.15) is 30.9 Å². The minimum absolute atomic E-state index is 0.380. The number of hydrogen-bond donors (Lipinski definition) is 1. The predicted molar refractivity (Wildman–Crippen MR) is 87.9 cm³/mol. The van der Waals surface area contributed by atoms with Gasteiger partial charge in [-0.3, -0.25) is 9.80 Å². The maximum atomic E-state index is 10.3. The maximum absolute atomic E-state index is 10.3. The molecular weight excluding hydrogens is 276 g/mol. The van der Waals surface area contributed by atoms with Crippen molar-refractivity contribution in [1.29, 1.82) is 0 Å². The van der Waals surface area contributed by atoms with Crippen LogP contribution in [0.2, 0.25) is 0 Å². The van der Waals surface area contributed by atoms with Gasteiger partial charge in [0.15, 0.2) is 0 Å². The van der Waals surface area contributed by atoms with Crippen LogP contribution in [0, 0.1) is 0 Å². The molecule has 2 heterocycles. The summed E-state index contributed by atoms with van der Waals surface area (Å²) in [6.07, 6.45) is 3.81. The second kappa shape index (κ2) is 8.06. The summed E-state index contributed by atoms with van der Waals surface area (Å²) in [5.41, 5.74) is 1.01. The van der Waals surface area contributed by atoms with E-state index in [2.05, 4.69) is 9.80 Å². The maximum Gasteiger partial charge on any atom is 0.0916 e. The molecule has 0 amide bonds. The van der Waals surface area contributed by atoms with Gasteiger partial charge in [-0.2, -0.15) is 0 Å². The van der Waals surface area contributed by atoms with Gasteiger partial charge in [-0.05, 0) is 24.8 Å². The largest absolute Gasteiger partial charge is 0.387 e. The number of rotatable bonds is 5. The average Bonchev–Trinajstić information content (AvgIpc) is 2.58. The van der Waals surface area contributed by atoms with Gasteiger partial charge >= 0.3 is 0 Å². The van der Waals surface area contributed by atoms with E-state index in [1.165, 1.54) is 19.3 Å². The van der Waals surface area contributed by atoms with Gasteiger partial charge in [0.1, 0.15) is 0 Å². The van der Waals surface area contributed by atoms with Crippen LogP contribution in [0.4, 0.5) is 0 Å². The lowest BCUT2D eigenvalue weighted by atomic mass is 10.1. The Morgan fingerprint density at radius 2 is 1.77 bits per heavy atom. The number of hydrogen-bond acceptors (Lipinski definition) is 4. The zero-order valence-electron chi connectivity index (χ0n) is 13.4. The molecule has 4 nitrogen and oxygen atoms in total. The van der Waals surface area contributed by atoms with Gasteiger partial charge in [0.05, 0.1) is 12.2 Å². The molecular formula is C18H28N2O2. The lowest BCUT2D eigenvalue weighted by molar-refractivity contribution is -0.0169. The van der Waals surface area contributed by atoms with Crippen LogP contribution < -0.4 is 0 Å². The zero-order valence-corrected chi connectivity index (χ0v) is 13.4. The predicted octanol–water partition coefficient (Wildman–Crippen LogP) is 1.91. The first-order chi connectivity index (χ1) is 10.8. The van der Waals surface area contributed by atoms with Crippen LogP contribution in [0.5, 0.6) is 0 Å². The summed E-state index contributed by atoms with van der Waals surface area (Å²) < 4.78 is 5.83. The van der Waals surface area contributed by atoms with Gasteiger partial charge in [0.25, 0.3) is 0 Å². The highest BCUT2D eigenvalue weighted by Gasteiger charge is 2.23. The van der Waals surface area contributed by atoms with Crippen LogP contribution in [-0.2, 0) is 4.74 Å². The van der Waals surface area contributed by atoms with Crippen molar-refractivity contribution in [3.63, 3.8) is 0 Å². The molecule has 22 heavy (non-hydrogen) atoms. The number of ether oxygens (including phenoxy) is 1.